The van der Waals surface area contributed by atoms with Crippen molar-refractivity contribution in [3.63, 3.8) is 0 Å². The summed E-state index contributed by atoms with van der Waals surface area (Å²) in [6.45, 7) is 5.69. The Labute approximate surface area is 207 Å². The van der Waals surface area contributed by atoms with E-state index < -0.39 is 11.9 Å². The summed E-state index contributed by atoms with van der Waals surface area (Å²) in [4.78, 5) is 27.3. The SMILES string of the molecule is CCC(C)NC(=O)C(C)N(Cc1ccc(Cl)cc1Cl)C(=O)CSCc1c(F)cccc1Cl. The van der Waals surface area contributed by atoms with Crippen molar-refractivity contribution >= 4 is 58.4 Å². The summed E-state index contributed by atoms with van der Waals surface area (Å²) < 4.78 is 14.0. The Hall–Kier alpha value is -1.47. The number of hydrogen-bond acceptors (Lipinski definition) is 3. The highest BCUT2D eigenvalue weighted by atomic mass is 35.5. The van der Waals surface area contributed by atoms with Gasteiger partial charge < -0.3 is 10.2 Å². The molecule has 0 aliphatic carbocycles. The minimum absolute atomic E-state index is 0.0152. The van der Waals surface area contributed by atoms with Gasteiger partial charge in [-0.1, -0.05) is 53.9 Å². The first-order valence-electron chi connectivity index (χ1n) is 10.2. The summed E-state index contributed by atoms with van der Waals surface area (Å²) in [6, 6.07) is 8.75. The molecule has 0 aliphatic rings. The Morgan fingerprint density at radius 3 is 2.47 bits per heavy atom. The van der Waals surface area contributed by atoms with Crippen LogP contribution in [0.2, 0.25) is 15.1 Å². The number of nitrogens with zero attached hydrogens (tertiary/aromatic N) is 1. The van der Waals surface area contributed by atoms with Crippen LogP contribution in [-0.4, -0.2) is 34.6 Å². The average Bonchev–Trinajstić information content (AvgIpc) is 2.74. The van der Waals surface area contributed by atoms with Crippen molar-refractivity contribution in [1.82, 2.24) is 10.2 Å². The highest BCUT2D eigenvalue weighted by molar-refractivity contribution is 7.99. The van der Waals surface area contributed by atoms with Crippen LogP contribution in [0.1, 0.15) is 38.3 Å². The smallest absolute Gasteiger partial charge is 0.242 e. The van der Waals surface area contributed by atoms with E-state index in [1.54, 1.807) is 31.2 Å². The van der Waals surface area contributed by atoms with Gasteiger partial charge in [0, 0.05) is 39.0 Å². The van der Waals surface area contributed by atoms with E-state index in [2.05, 4.69) is 5.32 Å². The highest BCUT2D eigenvalue weighted by Gasteiger charge is 2.27. The first kappa shape index (κ1) is 26.8. The first-order valence-corrected chi connectivity index (χ1v) is 12.5. The number of thioether (sulfide) groups is 1. The molecule has 2 amide bonds. The fourth-order valence-corrected chi connectivity index (χ4v) is 4.59. The fraction of sp³-hybridized carbons (Fsp3) is 0.391. The predicted molar refractivity (Wildman–Crippen MR) is 132 cm³/mol. The van der Waals surface area contributed by atoms with E-state index in [4.69, 9.17) is 34.8 Å². The third kappa shape index (κ3) is 7.55. The van der Waals surface area contributed by atoms with Gasteiger partial charge in [0.15, 0.2) is 0 Å². The molecule has 0 spiro atoms. The van der Waals surface area contributed by atoms with Gasteiger partial charge in [-0.05, 0) is 50.1 Å². The van der Waals surface area contributed by atoms with Crippen molar-refractivity contribution in [2.24, 2.45) is 0 Å². The highest BCUT2D eigenvalue weighted by Crippen LogP contribution is 2.26. The molecule has 2 rings (SSSR count). The van der Waals surface area contributed by atoms with Gasteiger partial charge in [-0.2, -0.15) is 0 Å². The van der Waals surface area contributed by atoms with Crippen LogP contribution in [0.3, 0.4) is 0 Å². The van der Waals surface area contributed by atoms with Gasteiger partial charge in [0.1, 0.15) is 11.9 Å². The zero-order valence-corrected chi connectivity index (χ0v) is 21.2. The third-order valence-corrected chi connectivity index (χ3v) is 6.94. The van der Waals surface area contributed by atoms with Crippen LogP contribution < -0.4 is 5.32 Å². The molecule has 1 N–H and O–H groups in total. The average molecular weight is 520 g/mol. The second-order valence-electron chi connectivity index (χ2n) is 7.44. The maximum absolute atomic E-state index is 14.0. The molecular formula is C23H26Cl3FN2O2S. The Balaban J connectivity index is 2.16. The van der Waals surface area contributed by atoms with Crippen LogP contribution in [0.4, 0.5) is 4.39 Å². The van der Waals surface area contributed by atoms with Gasteiger partial charge in [-0.25, -0.2) is 4.39 Å². The molecule has 0 aromatic heterocycles. The summed E-state index contributed by atoms with van der Waals surface area (Å²) in [7, 11) is 0. The van der Waals surface area contributed by atoms with E-state index in [1.165, 1.54) is 28.8 Å². The monoisotopic (exact) mass is 518 g/mol. The molecule has 2 unspecified atom stereocenters. The molecule has 4 nitrogen and oxygen atoms in total. The van der Waals surface area contributed by atoms with Crippen LogP contribution in [0, 0.1) is 5.82 Å². The third-order valence-electron chi connectivity index (χ3n) is 5.06. The largest absolute Gasteiger partial charge is 0.352 e. The van der Waals surface area contributed by atoms with Gasteiger partial charge >= 0.3 is 0 Å². The van der Waals surface area contributed by atoms with Crippen molar-refractivity contribution in [2.75, 3.05) is 5.75 Å². The predicted octanol–water partition coefficient (Wildman–Crippen LogP) is 6.35. The summed E-state index contributed by atoms with van der Waals surface area (Å²) in [5, 5.41) is 4.12. The fourth-order valence-electron chi connectivity index (χ4n) is 2.88. The number of benzene rings is 2. The van der Waals surface area contributed by atoms with Crippen LogP contribution in [-0.2, 0) is 21.9 Å². The lowest BCUT2D eigenvalue weighted by molar-refractivity contribution is -0.138. The number of hydrogen-bond donors (Lipinski definition) is 1. The van der Waals surface area contributed by atoms with Gasteiger partial charge in [-0.3, -0.25) is 9.59 Å². The second kappa shape index (κ2) is 12.7. The lowest BCUT2D eigenvalue weighted by atomic mass is 10.1. The van der Waals surface area contributed by atoms with Crippen molar-refractivity contribution in [2.45, 2.75) is 51.6 Å². The number of nitrogens with one attached hydrogen (secondary N) is 1. The van der Waals surface area contributed by atoms with E-state index in [0.29, 0.717) is 26.2 Å². The minimum Gasteiger partial charge on any atom is -0.352 e. The number of rotatable bonds is 10. The van der Waals surface area contributed by atoms with Crippen molar-refractivity contribution in [3.8, 4) is 0 Å². The van der Waals surface area contributed by atoms with Gasteiger partial charge in [-0.15, -0.1) is 11.8 Å². The van der Waals surface area contributed by atoms with Gasteiger partial charge in [0.2, 0.25) is 11.8 Å². The lowest BCUT2D eigenvalue weighted by Crippen LogP contribution is -2.50. The molecule has 174 valence electrons. The molecule has 0 radical (unpaired) electrons. The maximum atomic E-state index is 14.0. The van der Waals surface area contributed by atoms with Gasteiger partial charge in [0.25, 0.3) is 0 Å². The Kier molecular flexibility index (Phi) is 10.6. The minimum atomic E-state index is -0.721. The molecular weight excluding hydrogens is 494 g/mol. The summed E-state index contributed by atoms with van der Waals surface area (Å²) in [5.74, 6) is -0.638. The van der Waals surface area contributed by atoms with E-state index in [1.807, 2.05) is 13.8 Å². The normalized spacial score (nSPS) is 12.8. The zero-order chi connectivity index (χ0) is 23.8. The zero-order valence-electron chi connectivity index (χ0n) is 18.1. The van der Waals surface area contributed by atoms with Crippen LogP contribution in [0.15, 0.2) is 36.4 Å². The topological polar surface area (TPSA) is 49.4 Å². The number of amides is 2. The summed E-state index contributed by atoms with van der Waals surface area (Å²) in [5.41, 5.74) is 1.02. The van der Waals surface area contributed by atoms with Crippen molar-refractivity contribution in [3.05, 3.63) is 68.4 Å². The van der Waals surface area contributed by atoms with Crippen molar-refractivity contribution < 1.29 is 14.0 Å². The molecule has 0 saturated heterocycles. The van der Waals surface area contributed by atoms with Gasteiger partial charge in [0.05, 0.1) is 5.75 Å². The first-order chi connectivity index (χ1) is 15.1. The Morgan fingerprint density at radius 1 is 1.12 bits per heavy atom. The van der Waals surface area contributed by atoms with E-state index >= 15 is 0 Å². The molecule has 2 atom stereocenters. The molecule has 2 aromatic rings. The maximum Gasteiger partial charge on any atom is 0.242 e. The molecule has 0 fully saturated rings. The molecule has 9 heteroatoms. The molecule has 0 bridgehead atoms. The summed E-state index contributed by atoms with van der Waals surface area (Å²) >= 11 is 19.6. The molecule has 0 saturated carbocycles. The quantitative estimate of drug-likeness (QED) is 0.398. The van der Waals surface area contributed by atoms with Crippen molar-refractivity contribution in [1.29, 1.82) is 0 Å². The number of halogens is 4. The second-order valence-corrected chi connectivity index (χ2v) is 9.68. The number of carbonyl (C=O) groups excluding carboxylic acids is 2. The molecule has 32 heavy (non-hydrogen) atoms. The number of carbonyl (C=O) groups is 2. The Bertz CT molecular complexity index is 941. The summed E-state index contributed by atoms with van der Waals surface area (Å²) in [6.07, 6.45) is 0.772. The molecule has 2 aromatic carbocycles. The molecule has 0 aliphatic heterocycles. The Morgan fingerprint density at radius 2 is 1.84 bits per heavy atom. The van der Waals surface area contributed by atoms with Crippen LogP contribution in [0.5, 0.6) is 0 Å². The van der Waals surface area contributed by atoms with E-state index in [0.717, 1.165) is 6.42 Å². The lowest BCUT2D eigenvalue weighted by Gasteiger charge is -2.30. The van der Waals surface area contributed by atoms with E-state index in [9.17, 15) is 14.0 Å². The van der Waals surface area contributed by atoms with Crippen LogP contribution >= 0.6 is 46.6 Å². The van der Waals surface area contributed by atoms with E-state index in [-0.39, 0.29) is 35.9 Å². The molecule has 0 heterocycles. The van der Waals surface area contributed by atoms with Crippen LogP contribution in [0.25, 0.3) is 0 Å². The standard InChI is InChI=1S/C23H26Cl3FN2O2S/c1-4-14(2)28-23(31)15(3)29(11-16-8-9-17(24)10-20(16)26)22(30)13-32-12-18-19(25)6-5-7-21(18)27/h5-10,14-15H,4,11-13H2,1-3H3,(H,28,31).